The first-order chi connectivity index (χ1) is 9.15. The van der Waals surface area contributed by atoms with E-state index in [1.165, 1.54) is 0 Å². The van der Waals surface area contributed by atoms with Gasteiger partial charge in [0.15, 0.2) is 0 Å². The lowest BCUT2D eigenvalue weighted by molar-refractivity contribution is 0.190. The maximum atomic E-state index is 12.7. The van der Waals surface area contributed by atoms with Crippen LogP contribution in [0, 0.1) is 0 Å². The topological polar surface area (TPSA) is 35.5 Å². The van der Waals surface area contributed by atoms with Crippen molar-refractivity contribution in [2.75, 3.05) is 7.11 Å². The Morgan fingerprint density at radius 3 is 2.58 bits per heavy atom. The molecular formula is C15H14O3S. The van der Waals surface area contributed by atoms with Gasteiger partial charge in [0.1, 0.15) is 22.3 Å². The zero-order valence-electron chi connectivity index (χ0n) is 10.8. The van der Waals surface area contributed by atoms with Crippen LogP contribution >= 0.6 is 0 Å². The molecule has 1 heterocycles. The van der Waals surface area contributed by atoms with E-state index in [1.807, 2.05) is 37.3 Å². The second-order valence-corrected chi connectivity index (χ2v) is 6.25. The second kappa shape index (κ2) is 4.38. The molecule has 2 aromatic rings. The molecule has 0 amide bonds. The van der Waals surface area contributed by atoms with Gasteiger partial charge in [-0.1, -0.05) is 30.3 Å². The summed E-state index contributed by atoms with van der Waals surface area (Å²) in [6.07, 6.45) is 0. The molecule has 2 aromatic carbocycles. The van der Waals surface area contributed by atoms with Crippen LogP contribution in [-0.4, -0.2) is 11.3 Å². The fourth-order valence-electron chi connectivity index (χ4n) is 2.21. The van der Waals surface area contributed by atoms with Crippen molar-refractivity contribution in [3.8, 4) is 11.5 Å². The predicted molar refractivity (Wildman–Crippen MR) is 73.8 cm³/mol. The van der Waals surface area contributed by atoms with Crippen molar-refractivity contribution in [3.63, 3.8) is 0 Å². The molecule has 1 aliphatic rings. The Labute approximate surface area is 114 Å². The van der Waals surface area contributed by atoms with Gasteiger partial charge in [-0.05, 0) is 19.1 Å². The fourth-order valence-corrected chi connectivity index (χ4v) is 3.62. The summed E-state index contributed by atoms with van der Waals surface area (Å²) in [6.45, 7) is 1.85. The lowest BCUT2D eigenvalue weighted by Gasteiger charge is -2.22. The number of hydrogen-bond donors (Lipinski definition) is 0. The van der Waals surface area contributed by atoms with E-state index in [9.17, 15) is 4.21 Å². The second-order valence-electron chi connectivity index (χ2n) is 4.50. The minimum Gasteiger partial charge on any atom is -0.497 e. The van der Waals surface area contributed by atoms with Gasteiger partial charge in [0.2, 0.25) is 4.93 Å². The molecule has 3 rings (SSSR count). The molecule has 0 saturated heterocycles. The van der Waals surface area contributed by atoms with Crippen molar-refractivity contribution < 1.29 is 13.7 Å². The summed E-state index contributed by atoms with van der Waals surface area (Å²) < 4.78 is 23.8. The van der Waals surface area contributed by atoms with Crippen molar-refractivity contribution in [1.29, 1.82) is 0 Å². The molecule has 0 radical (unpaired) electrons. The highest BCUT2D eigenvalue weighted by atomic mass is 32.2. The van der Waals surface area contributed by atoms with Gasteiger partial charge in [-0.25, -0.2) is 4.21 Å². The van der Waals surface area contributed by atoms with Crippen LogP contribution in [0.15, 0.2) is 53.4 Å². The third kappa shape index (κ3) is 1.83. The molecule has 0 aliphatic carbocycles. The Morgan fingerprint density at radius 1 is 1.16 bits per heavy atom. The van der Waals surface area contributed by atoms with E-state index in [0.29, 0.717) is 16.4 Å². The smallest absolute Gasteiger partial charge is 0.210 e. The van der Waals surface area contributed by atoms with Crippen molar-refractivity contribution in [2.24, 2.45) is 0 Å². The zero-order chi connectivity index (χ0) is 13.5. The Bertz CT molecular complexity index is 639. The molecule has 98 valence electrons. The molecule has 19 heavy (non-hydrogen) atoms. The Kier molecular flexibility index (Phi) is 2.82. The quantitative estimate of drug-likeness (QED) is 0.844. The molecule has 0 fully saturated rings. The van der Waals surface area contributed by atoms with Crippen molar-refractivity contribution in [2.45, 2.75) is 16.8 Å². The highest BCUT2D eigenvalue weighted by Gasteiger charge is 2.44. The van der Waals surface area contributed by atoms with Crippen LogP contribution in [-0.2, 0) is 15.7 Å². The average molecular weight is 274 g/mol. The highest BCUT2D eigenvalue weighted by Crippen LogP contribution is 2.45. The van der Waals surface area contributed by atoms with Crippen molar-refractivity contribution >= 4 is 10.8 Å². The predicted octanol–water partition coefficient (Wildman–Crippen LogP) is 3.07. The lowest BCUT2D eigenvalue weighted by Crippen LogP contribution is -2.29. The number of benzene rings is 2. The van der Waals surface area contributed by atoms with Gasteiger partial charge in [0.25, 0.3) is 0 Å². The third-order valence-corrected chi connectivity index (χ3v) is 5.07. The number of methoxy groups -OCH3 is 1. The van der Waals surface area contributed by atoms with Crippen LogP contribution in [0.5, 0.6) is 11.5 Å². The summed E-state index contributed by atoms with van der Waals surface area (Å²) in [5.74, 6) is 1.33. The van der Waals surface area contributed by atoms with E-state index in [2.05, 4.69) is 0 Å². The maximum Gasteiger partial charge on any atom is 0.210 e. The Hall–Kier alpha value is -1.81. The van der Waals surface area contributed by atoms with Gasteiger partial charge >= 0.3 is 0 Å². The van der Waals surface area contributed by atoms with E-state index >= 15 is 0 Å². The number of ether oxygens (including phenoxy) is 2. The van der Waals surface area contributed by atoms with Crippen LogP contribution in [0.4, 0.5) is 0 Å². The highest BCUT2D eigenvalue weighted by molar-refractivity contribution is 7.86. The minimum atomic E-state index is -1.24. The minimum absolute atomic E-state index is 0.629. The molecule has 0 bridgehead atoms. The van der Waals surface area contributed by atoms with Crippen LogP contribution in [0.1, 0.15) is 12.5 Å². The first-order valence-corrected chi connectivity index (χ1v) is 7.14. The molecule has 2 atom stereocenters. The van der Waals surface area contributed by atoms with Crippen molar-refractivity contribution in [1.82, 2.24) is 0 Å². The van der Waals surface area contributed by atoms with Crippen molar-refractivity contribution in [3.05, 3.63) is 54.1 Å². The molecule has 4 heteroatoms. The van der Waals surface area contributed by atoms with Gasteiger partial charge in [-0.3, -0.25) is 0 Å². The van der Waals surface area contributed by atoms with Crippen LogP contribution in [0.3, 0.4) is 0 Å². The molecule has 0 aromatic heterocycles. The lowest BCUT2D eigenvalue weighted by atomic mass is 10.1. The summed E-state index contributed by atoms with van der Waals surface area (Å²) in [6, 6.07) is 15.0. The van der Waals surface area contributed by atoms with Crippen LogP contribution < -0.4 is 9.47 Å². The normalized spacial score (nSPS) is 24.6. The van der Waals surface area contributed by atoms with E-state index in [4.69, 9.17) is 9.47 Å². The first kappa shape index (κ1) is 12.2. The Balaban J connectivity index is 2.08. The number of rotatable bonds is 2. The number of hydrogen-bond acceptors (Lipinski definition) is 3. The molecular weight excluding hydrogens is 260 g/mol. The first-order valence-electron chi connectivity index (χ1n) is 5.99. The zero-order valence-corrected chi connectivity index (χ0v) is 11.6. The van der Waals surface area contributed by atoms with E-state index < -0.39 is 15.7 Å². The van der Waals surface area contributed by atoms with Gasteiger partial charge in [0, 0.05) is 11.6 Å². The van der Waals surface area contributed by atoms with E-state index in [0.717, 1.165) is 5.56 Å². The summed E-state index contributed by atoms with van der Waals surface area (Å²) in [5.41, 5.74) is 0.906. The monoisotopic (exact) mass is 274 g/mol. The fraction of sp³-hybridized carbons (Fsp3) is 0.200. The van der Waals surface area contributed by atoms with Crippen LogP contribution in [0.2, 0.25) is 0 Å². The summed E-state index contributed by atoms with van der Waals surface area (Å²) in [4.78, 5) is -0.122. The van der Waals surface area contributed by atoms with Gasteiger partial charge in [-0.15, -0.1) is 0 Å². The molecule has 0 N–H and O–H groups in total. The molecule has 3 nitrogen and oxygen atoms in total. The Morgan fingerprint density at radius 2 is 1.89 bits per heavy atom. The van der Waals surface area contributed by atoms with E-state index in [-0.39, 0.29) is 0 Å². The SMILES string of the molecule is COc1ccc2c(c1)O[C@](C)(c1ccccc1)[S@]2=O. The van der Waals surface area contributed by atoms with Gasteiger partial charge in [0.05, 0.1) is 12.0 Å². The maximum absolute atomic E-state index is 12.7. The van der Waals surface area contributed by atoms with Gasteiger partial charge in [-0.2, -0.15) is 0 Å². The summed E-state index contributed by atoms with van der Waals surface area (Å²) in [5, 5.41) is 0. The summed E-state index contributed by atoms with van der Waals surface area (Å²) >= 11 is 0. The molecule has 0 spiro atoms. The molecule has 0 unspecified atom stereocenters. The standard InChI is InChI=1S/C15H14O3S/c1-15(11-6-4-3-5-7-11)18-13-10-12(17-2)8-9-14(13)19(15)16/h3-10H,1-2H3/t15-,19-/m0/s1. The average Bonchev–Trinajstić information content (AvgIpc) is 2.72. The number of fused-ring (bicyclic) bond motifs is 1. The summed E-state index contributed by atoms with van der Waals surface area (Å²) in [7, 11) is 0.361. The molecule has 1 aliphatic heterocycles. The molecule has 0 saturated carbocycles. The van der Waals surface area contributed by atoms with Gasteiger partial charge < -0.3 is 9.47 Å². The largest absolute Gasteiger partial charge is 0.497 e. The van der Waals surface area contributed by atoms with E-state index in [1.54, 1.807) is 25.3 Å². The van der Waals surface area contributed by atoms with Crippen LogP contribution in [0.25, 0.3) is 0 Å². The third-order valence-electron chi connectivity index (χ3n) is 3.31.